The van der Waals surface area contributed by atoms with E-state index in [0.717, 1.165) is 11.1 Å². The van der Waals surface area contributed by atoms with E-state index in [1.165, 1.54) is 11.3 Å². The smallest absolute Gasteiger partial charge is 0.243 e. The van der Waals surface area contributed by atoms with Gasteiger partial charge < -0.3 is 5.73 Å². The predicted molar refractivity (Wildman–Crippen MR) is 76.5 cm³/mol. The van der Waals surface area contributed by atoms with Crippen molar-refractivity contribution in [2.45, 2.75) is 17.7 Å². The van der Waals surface area contributed by atoms with E-state index in [1.807, 2.05) is 0 Å². The second kappa shape index (κ2) is 6.04. The fourth-order valence-corrected chi connectivity index (χ4v) is 3.55. The van der Waals surface area contributed by atoms with Gasteiger partial charge in [-0.1, -0.05) is 6.92 Å². The van der Waals surface area contributed by atoms with Crippen LogP contribution in [0.25, 0.3) is 0 Å². The summed E-state index contributed by atoms with van der Waals surface area (Å²) in [5, 5.41) is 2.54. The number of benzene rings is 1. The molecule has 0 saturated carbocycles. The van der Waals surface area contributed by atoms with E-state index in [9.17, 15) is 17.2 Å². The van der Waals surface area contributed by atoms with Crippen molar-refractivity contribution in [1.82, 2.24) is 9.71 Å². The number of rotatable bonds is 5. The summed E-state index contributed by atoms with van der Waals surface area (Å²) in [6.45, 7) is 1.84. The van der Waals surface area contributed by atoms with Crippen molar-refractivity contribution in [1.29, 1.82) is 0 Å². The molecule has 0 aliphatic carbocycles. The topological polar surface area (TPSA) is 85.1 Å². The summed E-state index contributed by atoms with van der Waals surface area (Å²) in [7, 11) is -4.11. The lowest BCUT2D eigenvalue weighted by atomic mass is 10.2. The summed E-state index contributed by atoms with van der Waals surface area (Å²) in [6.07, 6.45) is 1.62. The zero-order valence-electron chi connectivity index (χ0n) is 11.0. The van der Waals surface area contributed by atoms with Gasteiger partial charge in [-0.2, -0.15) is 0 Å². The van der Waals surface area contributed by atoms with Gasteiger partial charge in [-0.05, 0) is 6.07 Å². The zero-order chi connectivity index (χ0) is 15.6. The molecule has 5 nitrogen and oxygen atoms in total. The monoisotopic (exact) mass is 333 g/mol. The average Bonchev–Trinajstić information content (AvgIpc) is 2.94. The highest BCUT2D eigenvalue weighted by atomic mass is 32.2. The maximum Gasteiger partial charge on any atom is 0.243 e. The minimum absolute atomic E-state index is 0.0482. The maximum atomic E-state index is 13.6. The number of sulfonamides is 1. The number of nitrogen functional groups attached to an aromatic ring is 1. The van der Waals surface area contributed by atoms with E-state index in [0.29, 0.717) is 6.07 Å². The molecule has 2 aromatic rings. The van der Waals surface area contributed by atoms with Gasteiger partial charge in [-0.15, -0.1) is 11.3 Å². The van der Waals surface area contributed by atoms with Crippen molar-refractivity contribution < 1.29 is 17.2 Å². The third kappa shape index (κ3) is 3.55. The molecular weight excluding hydrogens is 320 g/mol. The Morgan fingerprint density at radius 2 is 2.10 bits per heavy atom. The second-order valence-corrected chi connectivity index (χ2v) is 7.09. The Morgan fingerprint density at radius 3 is 2.71 bits per heavy atom. The quantitative estimate of drug-likeness (QED) is 0.821. The minimum Gasteiger partial charge on any atom is -0.396 e. The SMILES string of the molecule is CC(CNS(=O)(=O)c1cc(N)c(F)cc1F)c1nccs1. The highest BCUT2D eigenvalue weighted by Crippen LogP contribution is 2.22. The fraction of sp³-hybridized carbons (Fsp3) is 0.250. The molecule has 0 spiro atoms. The summed E-state index contributed by atoms with van der Waals surface area (Å²) in [5.41, 5.74) is 4.85. The first-order valence-electron chi connectivity index (χ1n) is 5.95. The van der Waals surface area contributed by atoms with Gasteiger partial charge in [0.15, 0.2) is 0 Å². The van der Waals surface area contributed by atoms with Crippen LogP contribution < -0.4 is 10.5 Å². The summed E-state index contributed by atoms with van der Waals surface area (Å²) >= 11 is 1.40. The van der Waals surface area contributed by atoms with E-state index >= 15 is 0 Å². The van der Waals surface area contributed by atoms with Crippen LogP contribution in [-0.4, -0.2) is 19.9 Å². The number of hydrogen-bond acceptors (Lipinski definition) is 5. The molecule has 0 saturated heterocycles. The van der Waals surface area contributed by atoms with Crippen molar-refractivity contribution in [3.63, 3.8) is 0 Å². The van der Waals surface area contributed by atoms with Crippen LogP contribution >= 0.6 is 11.3 Å². The average molecular weight is 333 g/mol. The van der Waals surface area contributed by atoms with Crippen LogP contribution in [0.1, 0.15) is 17.8 Å². The number of nitrogens with zero attached hydrogens (tertiary/aromatic N) is 1. The summed E-state index contributed by atoms with van der Waals surface area (Å²) in [4.78, 5) is 3.40. The normalized spacial score (nSPS) is 13.3. The van der Waals surface area contributed by atoms with E-state index in [2.05, 4.69) is 9.71 Å². The van der Waals surface area contributed by atoms with Crippen LogP contribution in [0.3, 0.4) is 0 Å². The van der Waals surface area contributed by atoms with Gasteiger partial charge in [0.25, 0.3) is 0 Å². The molecule has 0 radical (unpaired) electrons. The van der Waals surface area contributed by atoms with Crippen LogP contribution in [0.2, 0.25) is 0 Å². The standard InChI is InChI=1S/C12H13F2N3O2S2/c1-7(12-16-2-3-20-12)6-17-21(18,19)11-5-10(15)8(13)4-9(11)14/h2-5,7,17H,6,15H2,1H3. The van der Waals surface area contributed by atoms with Gasteiger partial charge in [-0.25, -0.2) is 26.9 Å². The molecule has 3 N–H and O–H groups in total. The van der Waals surface area contributed by atoms with Gasteiger partial charge >= 0.3 is 0 Å². The number of aromatic nitrogens is 1. The molecule has 0 bridgehead atoms. The lowest BCUT2D eigenvalue weighted by Crippen LogP contribution is -2.28. The van der Waals surface area contributed by atoms with Crippen LogP contribution in [0.15, 0.2) is 28.6 Å². The number of thiazole rings is 1. The van der Waals surface area contributed by atoms with E-state index < -0.39 is 32.2 Å². The molecule has 1 unspecified atom stereocenters. The molecule has 0 amide bonds. The third-order valence-electron chi connectivity index (χ3n) is 2.79. The molecule has 0 aliphatic heterocycles. The number of hydrogen-bond donors (Lipinski definition) is 2. The number of nitrogens with two attached hydrogens (primary N) is 1. The first kappa shape index (κ1) is 15.8. The molecule has 21 heavy (non-hydrogen) atoms. The Morgan fingerprint density at radius 1 is 1.38 bits per heavy atom. The largest absolute Gasteiger partial charge is 0.396 e. The molecule has 1 aromatic heterocycles. The molecule has 1 atom stereocenters. The Kier molecular flexibility index (Phi) is 4.55. The lowest BCUT2D eigenvalue weighted by molar-refractivity contribution is 0.542. The van der Waals surface area contributed by atoms with E-state index in [1.54, 1.807) is 18.5 Å². The van der Waals surface area contributed by atoms with Crippen LogP contribution in [0, 0.1) is 11.6 Å². The molecule has 114 valence electrons. The zero-order valence-corrected chi connectivity index (χ0v) is 12.6. The summed E-state index contributed by atoms with van der Waals surface area (Å²) in [6, 6.07) is 1.22. The van der Waals surface area contributed by atoms with Crippen molar-refractivity contribution >= 4 is 27.0 Å². The minimum atomic E-state index is -4.11. The van der Waals surface area contributed by atoms with E-state index in [-0.39, 0.29) is 12.5 Å². The summed E-state index contributed by atoms with van der Waals surface area (Å²) < 4.78 is 53.0. The molecule has 9 heteroatoms. The number of anilines is 1. The van der Waals surface area contributed by atoms with E-state index in [4.69, 9.17) is 5.73 Å². The Labute approximate surface area is 124 Å². The highest BCUT2D eigenvalue weighted by Gasteiger charge is 2.22. The molecule has 1 heterocycles. The number of halogens is 2. The second-order valence-electron chi connectivity index (χ2n) is 4.43. The first-order chi connectivity index (χ1) is 9.81. The third-order valence-corrected chi connectivity index (χ3v) is 5.24. The van der Waals surface area contributed by atoms with Gasteiger partial charge in [0.05, 0.1) is 10.7 Å². The highest BCUT2D eigenvalue weighted by molar-refractivity contribution is 7.89. The molecule has 0 aliphatic rings. The molecule has 0 fully saturated rings. The molecular formula is C12H13F2N3O2S2. The fourth-order valence-electron chi connectivity index (χ4n) is 1.63. The molecule has 1 aromatic carbocycles. The van der Waals surface area contributed by atoms with Gasteiger partial charge in [0.1, 0.15) is 16.5 Å². The Hall–Kier alpha value is -1.58. The van der Waals surface area contributed by atoms with Crippen LogP contribution in [-0.2, 0) is 10.0 Å². The Bertz CT molecular complexity index is 733. The van der Waals surface area contributed by atoms with Crippen molar-refractivity contribution in [2.24, 2.45) is 0 Å². The number of nitrogens with one attached hydrogen (secondary N) is 1. The first-order valence-corrected chi connectivity index (χ1v) is 8.31. The van der Waals surface area contributed by atoms with Crippen molar-refractivity contribution in [3.8, 4) is 0 Å². The maximum absolute atomic E-state index is 13.6. The lowest BCUT2D eigenvalue weighted by Gasteiger charge is -2.12. The van der Waals surface area contributed by atoms with Gasteiger partial charge in [0.2, 0.25) is 10.0 Å². The van der Waals surface area contributed by atoms with Crippen LogP contribution in [0.4, 0.5) is 14.5 Å². The predicted octanol–water partition coefficient (Wildman–Crippen LogP) is 2.09. The summed E-state index contributed by atoms with van der Waals surface area (Å²) in [5.74, 6) is -2.35. The van der Waals surface area contributed by atoms with Crippen LogP contribution in [0.5, 0.6) is 0 Å². The van der Waals surface area contributed by atoms with Crippen molar-refractivity contribution in [2.75, 3.05) is 12.3 Å². The van der Waals surface area contributed by atoms with Crippen molar-refractivity contribution in [3.05, 3.63) is 40.4 Å². The Balaban J connectivity index is 2.17. The molecule has 2 rings (SSSR count). The van der Waals surface area contributed by atoms with Gasteiger partial charge in [0, 0.05) is 30.1 Å². The van der Waals surface area contributed by atoms with Gasteiger partial charge in [-0.3, -0.25) is 0 Å².